The zero-order valence-electron chi connectivity index (χ0n) is 13.0. The van der Waals surface area contributed by atoms with Crippen LogP contribution in [0.1, 0.15) is 54.9 Å². The lowest BCUT2D eigenvalue weighted by Crippen LogP contribution is -2.44. The van der Waals surface area contributed by atoms with Gasteiger partial charge in [-0.25, -0.2) is 0 Å². The van der Waals surface area contributed by atoms with Gasteiger partial charge >= 0.3 is 0 Å². The van der Waals surface area contributed by atoms with E-state index in [0.29, 0.717) is 18.1 Å². The van der Waals surface area contributed by atoms with Crippen molar-refractivity contribution in [2.45, 2.75) is 51.0 Å². The van der Waals surface area contributed by atoms with E-state index < -0.39 is 5.60 Å². The van der Waals surface area contributed by atoms with E-state index in [0.717, 1.165) is 49.8 Å². The smallest absolute Gasteiger partial charge is 0.198 e. The lowest BCUT2D eigenvalue weighted by molar-refractivity contribution is -0.0265. The van der Waals surface area contributed by atoms with E-state index in [1.54, 1.807) is 7.11 Å². The Kier molecular flexibility index (Phi) is 4.03. The molecule has 1 fully saturated rings. The minimum atomic E-state index is -0.650. The molecule has 1 heterocycles. The summed E-state index contributed by atoms with van der Waals surface area (Å²) in [6.07, 6.45) is 5.75. The highest BCUT2D eigenvalue weighted by Gasteiger charge is 2.42. The molecule has 0 atom stereocenters. The van der Waals surface area contributed by atoms with Crippen molar-refractivity contribution < 1.29 is 14.3 Å². The molecule has 0 amide bonds. The summed E-state index contributed by atoms with van der Waals surface area (Å²) < 4.78 is 11.5. The van der Waals surface area contributed by atoms with Crippen molar-refractivity contribution in [1.82, 2.24) is 0 Å². The molecule has 0 radical (unpaired) electrons. The molecule has 1 aromatic rings. The Morgan fingerprint density at radius 3 is 2.81 bits per heavy atom. The SMILES string of the molecule is COC1(C(=O)c2cccc3c2OCCC3)CCC(C)CC1. The third-order valence-corrected chi connectivity index (χ3v) is 5.06. The maximum atomic E-state index is 13.1. The molecule has 2 aliphatic rings. The molecule has 0 spiro atoms. The molecule has 0 unspecified atom stereocenters. The number of hydrogen-bond donors (Lipinski definition) is 0. The van der Waals surface area contributed by atoms with Crippen LogP contribution in [-0.2, 0) is 11.2 Å². The molecule has 1 aliphatic carbocycles. The van der Waals surface area contributed by atoms with Crippen molar-refractivity contribution >= 4 is 5.78 Å². The highest BCUT2D eigenvalue weighted by molar-refractivity contribution is 6.05. The number of carbonyl (C=O) groups excluding carboxylic acids is 1. The summed E-state index contributed by atoms with van der Waals surface area (Å²) in [7, 11) is 1.67. The van der Waals surface area contributed by atoms with E-state index in [1.165, 1.54) is 0 Å². The minimum absolute atomic E-state index is 0.107. The maximum Gasteiger partial charge on any atom is 0.198 e. The van der Waals surface area contributed by atoms with Gasteiger partial charge in [0.2, 0.25) is 0 Å². The van der Waals surface area contributed by atoms with Crippen LogP contribution in [0.3, 0.4) is 0 Å². The summed E-state index contributed by atoms with van der Waals surface area (Å²) in [5.41, 5.74) is 1.22. The number of rotatable bonds is 3. The number of ether oxygens (including phenoxy) is 2. The lowest BCUT2D eigenvalue weighted by atomic mass is 9.75. The Hall–Kier alpha value is -1.35. The third-order valence-electron chi connectivity index (χ3n) is 5.06. The van der Waals surface area contributed by atoms with E-state index in [-0.39, 0.29) is 5.78 Å². The average Bonchev–Trinajstić information content (AvgIpc) is 2.55. The molecule has 0 bridgehead atoms. The van der Waals surface area contributed by atoms with Gasteiger partial charge in [-0.2, -0.15) is 0 Å². The zero-order valence-corrected chi connectivity index (χ0v) is 13.0. The Morgan fingerprint density at radius 1 is 1.33 bits per heavy atom. The van der Waals surface area contributed by atoms with Gasteiger partial charge in [-0.05, 0) is 56.1 Å². The summed E-state index contributed by atoms with van der Waals surface area (Å²) in [6, 6.07) is 5.93. The average molecular weight is 288 g/mol. The standard InChI is InChI=1S/C18H24O3/c1-13-8-10-18(20-2,11-9-13)17(19)15-7-3-5-14-6-4-12-21-16(14)15/h3,5,7,13H,4,6,8-12H2,1-2H3. The highest BCUT2D eigenvalue weighted by Crippen LogP contribution is 2.39. The topological polar surface area (TPSA) is 35.5 Å². The summed E-state index contributed by atoms with van der Waals surface area (Å²) in [5, 5.41) is 0. The molecule has 3 rings (SSSR count). The molecule has 21 heavy (non-hydrogen) atoms. The van der Waals surface area contributed by atoms with Crippen LogP contribution in [-0.4, -0.2) is 25.1 Å². The minimum Gasteiger partial charge on any atom is -0.493 e. The summed E-state index contributed by atoms with van der Waals surface area (Å²) in [6.45, 7) is 2.95. The van der Waals surface area contributed by atoms with Crippen LogP contribution < -0.4 is 4.74 Å². The number of ketones is 1. The monoisotopic (exact) mass is 288 g/mol. The fourth-order valence-corrected chi connectivity index (χ4v) is 3.57. The normalized spacial score (nSPS) is 28.6. The molecule has 1 aromatic carbocycles. The first-order chi connectivity index (χ1) is 10.2. The zero-order chi connectivity index (χ0) is 14.9. The number of para-hydroxylation sites is 1. The molecular formula is C18H24O3. The van der Waals surface area contributed by atoms with E-state index in [4.69, 9.17) is 9.47 Å². The number of carbonyl (C=O) groups is 1. The number of hydrogen-bond acceptors (Lipinski definition) is 3. The molecule has 3 heteroatoms. The molecule has 114 valence electrons. The van der Waals surface area contributed by atoms with Gasteiger partial charge in [-0.3, -0.25) is 4.79 Å². The summed E-state index contributed by atoms with van der Waals surface area (Å²) in [4.78, 5) is 13.1. The third kappa shape index (κ3) is 2.59. The van der Waals surface area contributed by atoms with Gasteiger partial charge in [-0.15, -0.1) is 0 Å². The second-order valence-corrected chi connectivity index (χ2v) is 6.46. The van der Waals surface area contributed by atoms with Gasteiger partial charge in [0.25, 0.3) is 0 Å². The predicted octanol–water partition coefficient (Wildman–Crippen LogP) is 3.79. The van der Waals surface area contributed by atoms with Crippen LogP contribution in [0.25, 0.3) is 0 Å². The predicted molar refractivity (Wildman–Crippen MR) is 82.0 cm³/mol. The van der Waals surface area contributed by atoms with Gasteiger partial charge in [0, 0.05) is 7.11 Å². The molecule has 0 saturated heterocycles. The molecular weight excluding hydrogens is 264 g/mol. The van der Waals surface area contributed by atoms with E-state index >= 15 is 0 Å². The van der Waals surface area contributed by atoms with Gasteiger partial charge in [0.1, 0.15) is 11.4 Å². The molecule has 0 N–H and O–H groups in total. The molecule has 1 saturated carbocycles. The first kappa shape index (κ1) is 14.6. The summed E-state index contributed by atoms with van der Waals surface area (Å²) in [5.74, 6) is 1.58. The fraction of sp³-hybridized carbons (Fsp3) is 0.611. The van der Waals surface area contributed by atoms with Crippen molar-refractivity contribution in [2.24, 2.45) is 5.92 Å². The van der Waals surface area contributed by atoms with Gasteiger partial charge in [-0.1, -0.05) is 19.1 Å². The van der Waals surface area contributed by atoms with Gasteiger partial charge < -0.3 is 9.47 Å². The number of methoxy groups -OCH3 is 1. The quantitative estimate of drug-likeness (QED) is 0.794. The summed E-state index contributed by atoms with van der Waals surface area (Å²) >= 11 is 0. The van der Waals surface area contributed by atoms with Crippen LogP contribution in [0.4, 0.5) is 0 Å². The van der Waals surface area contributed by atoms with Crippen molar-refractivity contribution in [2.75, 3.05) is 13.7 Å². The van der Waals surface area contributed by atoms with Crippen LogP contribution in [0.2, 0.25) is 0 Å². The van der Waals surface area contributed by atoms with Crippen LogP contribution in [0.5, 0.6) is 5.75 Å². The Balaban J connectivity index is 1.94. The second-order valence-electron chi connectivity index (χ2n) is 6.46. The Bertz CT molecular complexity index is 527. The number of benzene rings is 1. The largest absolute Gasteiger partial charge is 0.493 e. The maximum absolute atomic E-state index is 13.1. The van der Waals surface area contributed by atoms with Gasteiger partial charge in [0.15, 0.2) is 5.78 Å². The van der Waals surface area contributed by atoms with Crippen LogP contribution in [0.15, 0.2) is 18.2 Å². The van der Waals surface area contributed by atoms with E-state index in [1.807, 2.05) is 12.1 Å². The molecule has 0 aromatic heterocycles. The highest BCUT2D eigenvalue weighted by atomic mass is 16.5. The van der Waals surface area contributed by atoms with E-state index in [9.17, 15) is 4.79 Å². The van der Waals surface area contributed by atoms with Crippen LogP contribution >= 0.6 is 0 Å². The van der Waals surface area contributed by atoms with Gasteiger partial charge in [0.05, 0.1) is 12.2 Å². The number of aryl methyl sites for hydroxylation is 1. The van der Waals surface area contributed by atoms with Crippen molar-refractivity contribution in [3.05, 3.63) is 29.3 Å². The lowest BCUT2D eigenvalue weighted by Gasteiger charge is -2.37. The fourth-order valence-electron chi connectivity index (χ4n) is 3.57. The van der Waals surface area contributed by atoms with Crippen molar-refractivity contribution in [1.29, 1.82) is 0 Å². The Labute approximate surface area is 126 Å². The van der Waals surface area contributed by atoms with Crippen LogP contribution in [0, 0.1) is 5.92 Å². The second kappa shape index (κ2) is 5.80. The molecule has 1 aliphatic heterocycles. The Morgan fingerprint density at radius 2 is 2.10 bits per heavy atom. The number of fused-ring (bicyclic) bond motifs is 1. The molecule has 3 nitrogen and oxygen atoms in total. The van der Waals surface area contributed by atoms with Crippen molar-refractivity contribution in [3.8, 4) is 5.75 Å². The van der Waals surface area contributed by atoms with Crippen molar-refractivity contribution in [3.63, 3.8) is 0 Å². The number of Topliss-reactive ketones (excluding diaryl/α,β-unsaturated/α-hetero) is 1. The first-order valence-electron chi connectivity index (χ1n) is 8.01. The van der Waals surface area contributed by atoms with E-state index in [2.05, 4.69) is 13.0 Å². The first-order valence-corrected chi connectivity index (χ1v) is 8.01.